The normalized spacial score (nSPS) is 19.3. The molecule has 0 spiro atoms. The molecule has 3 N–H and O–H groups in total. The van der Waals surface area contributed by atoms with Crippen LogP contribution in [0.15, 0.2) is 18.2 Å². The van der Waals surface area contributed by atoms with Crippen LogP contribution in [0.2, 0.25) is 0 Å². The summed E-state index contributed by atoms with van der Waals surface area (Å²) >= 11 is 0. The molecule has 1 aromatic carbocycles. The minimum Gasteiger partial charge on any atom is -0.385 e. The summed E-state index contributed by atoms with van der Waals surface area (Å²) in [7, 11) is 0. The molecule has 0 aromatic heterocycles. The molecule has 0 saturated heterocycles. The number of unbranched alkanes of at least 4 members (excludes halogenated alkanes) is 12. The van der Waals surface area contributed by atoms with Gasteiger partial charge in [-0.25, -0.2) is 0 Å². The highest BCUT2D eigenvalue weighted by atomic mass is 16.3. The van der Waals surface area contributed by atoms with Crippen LogP contribution in [0.4, 0.5) is 0 Å². The second-order valence-corrected chi connectivity index (χ2v) is 15.0. The van der Waals surface area contributed by atoms with Crippen molar-refractivity contribution in [3.63, 3.8) is 0 Å². The van der Waals surface area contributed by atoms with Gasteiger partial charge in [-0.2, -0.15) is 0 Å². The van der Waals surface area contributed by atoms with E-state index < -0.39 is 16.8 Å². The second kappa shape index (κ2) is 22.6. The molecule has 0 radical (unpaired) electrons. The van der Waals surface area contributed by atoms with Crippen molar-refractivity contribution in [3.05, 3.63) is 34.9 Å². The van der Waals surface area contributed by atoms with Gasteiger partial charge in [-0.1, -0.05) is 194 Å². The summed E-state index contributed by atoms with van der Waals surface area (Å²) in [5.41, 5.74) is -0.0339. The second-order valence-electron chi connectivity index (χ2n) is 15.0. The van der Waals surface area contributed by atoms with Crippen LogP contribution in [0.1, 0.15) is 231 Å². The van der Waals surface area contributed by atoms with Crippen LogP contribution in [0.5, 0.6) is 0 Å². The van der Waals surface area contributed by atoms with E-state index in [-0.39, 0.29) is 0 Å². The zero-order chi connectivity index (χ0) is 32.9. The average molecular weight is 629 g/mol. The maximum atomic E-state index is 12.4. The van der Waals surface area contributed by atoms with Crippen molar-refractivity contribution in [2.75, 3.05) is 0 Å². The molecule has 1 aliphatic rings. The Morgan fingerprint density at radius 2 is 0.822 bits per heavy atom. The Labute approximate surface area is 280 Å². The SMILES string of the molecule is CCCCCCCCCC(O)(CC)c1cc(C(O)(CC)CCCCCCCCC)cc(C2(O)CCCCCCCCCCC2)c1. The molecule has 2 rings (SSSR count). The fraction of sp³-hybridized carbons (Fsp3) is 0.857. The topological polar surface area (TPSA) is 60.7 Å². The zero-order valence-corrected chi connectivity index (χ0v) is 30.6. The fourth-order valence-corrected chi connectivity index (χ4v) is 7.72. The lowest BCUT2D eigenvalue weighted by molar-refractivity contribution is 0.00448. The van der Waals surface area contributed by atoms with Crippen LogP contribution in [0, 0.1) is 0 Å². The largest absolute Gasteiger partial charge is 0.385 e. The summed E-state index contributed by atoms with van der Waals surface area (Å²) in [5, 5.41) is 36.8. The van der Waals surface area contributed by atoms with E-state index in [9.17, 15) is 15.3 Å². The van der Waals surface area contributed by atoms with E-state index in [1.54, 1.807) is 0 Å². The third-order valence-corrected chi connectivity index (χ3v) is 11.3. The highest BCUT2D eigenvalue weighted by Gasteiger charge is 2.36. The van der Waals surface area contributed by atoms with Gasteiger partial charge in [-0.15, -0.1) is 0 Å². The molecule has 0 bridgehead atoms. The van der Waals surface area contributed by atoms with Crippen molar-refractivity contribution in [1.82, 2.24) is 0 Å². The van der Waals surface area contributed by atoms with Crippen molar-refractivity contribution < 1.29 is 15.3 Å². The van der Waals surface area contributed by atoms with Crippen LogP contribution >= 0.6 is 0 Å². The Morgan fingerprint density at radius 3 is 1.18 bits per heavy atom. The number of hydrogen-bond donors (Lipinski definition) is 3. The Balaban J connectivity index is 2.38. The molecule has 2 unspecified atom stereocenters. The summed E-state index contributed by atoms with van der Waals surface area (Å²) in [6.45, 7) is 8.72. The maximum absolute atomic E-state index is 12.4. The monoisotopic (exact) mass is 629 g/mol. The van der Waals surface area contributed by atoms with E-state index in [0.717, 1.165) is 80.9 Å². The zero-order valence-electron chi connectivity index (χ0n) is 30.6. The van der Waals surface area contributed by atoms with Crippen LogP contribution in [0.25, 0.3) is 0 Å². The van der Waals surface area contributed by atoms with Crippen LogP contribution in [-0.4, -0.2) is 15.3 Å². The molecule has 1 aliphatic carbocycles. The first kappa shape index (κ1) is 40.3. The van der Waals surface area contributed by atoms with E-state index in [1.807, 2.05) is 0 Å². The van der Waals surface area contributed by atoms with Crippen molar-refractivity contribution in [1.29, 1.82) is 0 Å². The van der Waals surface area contributed by atoms with Gasteiger partial charge in [-0.3, -0.25) is 0 Å². The summed E-state index contributed by atoms with van der Waals surface area (Å²) < 4.78 is 0. The third kappa shape index (κ3) is 14.4. The van der Waals surface area contributed by atoms with E-state index in [1.165, 1.54) is 109 Å². The number of hydrogen-bond acceptors (Lipinski definition) is 3. The molecule has 0 aliphatic heterocycles. The van der Waals surface area contributed by atoms with Gasteiger partial charge in [0.05, 0.1) is 16.8 Å². The average Bonchev–Trinajstić information content (AvgIpc) is 3.05. The number of rotatable bonds is 21. The summed E-state index contributed by atoms with van der Waals surface area (Å²) in [4.78, 5) is 0. The lowest BCUT2D eigenvalue weighted by Gasteiger charge is -2.36. The summed E-state index contributed by atoms with van der Waals surface area (Å²) in [6.07, 6.45) is 32.3. The number of benzene rings is 1. The predicted molar refractivity (Wildman–Crippen MR) is 195 cm³/mol. The highest BCUT2D eigenvalue weighted by Crippen LogP contribution is 2.42. The van der Waals surface area contributed by atoms with E-state index >= 15 is 0 Å². The molecule has 1 aromatic rings. The van der Waals surface area contributed by atoms with E-state index in [2.05, 4.69) is 45.9 Å². The molecule has 262 valence electrons. The smallest absolute Gasteiger partial charge is 0.0896 e. The van der Waals surface area contributed by atoms with Crippen molar-refractivity contribution in [2.24, 2.45) is 0 Å². The Kier molecular flexibility index (Phi) is 20.3. The minimum absolute atomic E-state index is 0.645. The number of aliphatic hydroxyl groups is 3. The molecular formula is C42H76O3. The third-order valence-electron chi connectivity index (χ3n) is 11.3. The molecule has 45 heavy (non-hydrogen) atoms. The van der Waals surface area contributed by atoms with Gasteiger partial charge in [0.2, 0.25) is 0 Å². The van der Waals surface area contributed by atoms with Crippen molar-refractivity contribution in [2.45, 2.75) is 231 Å². The maximum Gasteiger partial charge on any atom is 0.0896 e. The highest BCUT2D eigenvalue weighted by molar-refractivity contribution is 5.39. The lowest BCUT2D eigenvalue weighted by atomic mass is 9.75. The van der Waals surface area contributed by atoms with Gasteiger partial charge >= 0.3 is 0 Å². The molecule has 1 saturated carbocycles. The summed E-state index contributed by atoms with van der Waals surface area (Å²) in [6, 6.07) is 6.41. The van der Waals surface area contributed by atoms with E-state index in [4.69, 9.17) is 0 Å². The van der Waals surface area contributed by atoms with Crippen LogP contribution < -0.4 is 0 Å². The quantitative estimate of drug-likeness (QED) is 0.119. The predicted octanol–water partition coefficient (Wildman–Crippen LogP) is 12.7. The Morgan fingerprint density at radius 1 is 0.489 bits per heavy atom. The Hall–Kier alpha value is -0.900. The molecular weight excluding hydrogens is 552 g/mol. The lowest BCUT2D eigenvalue weighted by Crippen LogP contribution is -2.32. The molecule has 0 amide bonds. The first-order valence-electron chi connectivity index (χ1n) is 20.1. The van der Waals surface area contributed by atoms with Crippen LogP contribution in [-0.2, 0) is 16.8 Å². The summed E-state index contributed by atoms with van der Waals surface area (Å²) in [5.74, 6) is 0. The minimum atomic E-state index is -0.941. The van der Waals surface area contributed by atoms with Crippen LogP contribution in [0.3, 0.4) is 0 Å². The molecule has 3 nitrogen and oxygen atoms in total. The van der Waals surface area contributed by atoms with Gasteiger partial charge in [-0.05, 0) is 55.2 Å². The Bertz CT molecular complexity index is 818. The molecule has 0 heterocycles. The fourth-order valence-electron chi connectivity index (χ4n) is 7.72. The standard InChI is InChI=1S/C42H76O3/c1-5-9-11-13-18-22-26-30-40(43,7-3)37-34-38(41(44,8-4)31-27-23-19-14-12-10-6-2)36-39(35-37)42(45)32-28-24-20-16-15-17-21-25-29-33-42/h34-36,43-45H,5-33H2,1-4H3. The molecule has 3 heteroatoms. The van der Waals surface area contributed by atoms with Gasteiger partial charge in [0.1, 0.15) is 0 Å². The van der Waals surface area contributed by atoms with Gasteiger partial charge in [0.15, 0.2) is 0 Å². The van der Waals surface area contributed by atoms with Crippen molar-refractivity contribution in [3.8, 4) is 0 Å². The molecule has 1 fully saturated rings. The van der Waals surface area contributed by atoms with Crippen molar-refractivity contribution >= 4 is 0 Å². The van der Waals surface area contributed by atoms with E-state index in [0.29, 0.717) is 12.8 Å². The molecule has 2 atom stereocenters. The first-order valence-corrected chi connectivity index (χ1v) is 20.1. The van der Waals surface area contributed by atoms with Gasteiger partial charge < -0.3 is 15.3 Å². The van der Waals surface area contributed by atoms with Gasteiger partial charge in [0, 0.05) is 0 Å². The first-order chi connectivity index (χ1) is 21.8. The van der Waals surface area contributed by atoms with Gasteiger partial charge in [0.25, 0.3) is 0 Å².